The Balaban J connectivity index is 1.70. The molecular weight excluding hydrogens is 380 g/mol. The maximum atomic E-state index is 11.2. The lowest BCUT2D eigenvalue weighted by atomic mass is 10.1. The molecule has 0 bridgehead atoms. The van der Waals surface area contributed by atoms with Crippen LogP contribution in [0, 0.1) is 0 Å². The van der Waals surface area contributed by atoms with Crippen molar-refractivity contribution in [2.45, 2.75) is 20.4 Å². The number of rotatable bonds is 5. The van der Waals surface area contributed by atoms with Crippen LogP contribution in [0.15, 0.2) is 72.8 Å². The fraction of sp³-hybridized carbons (Fsp3) is 0.125. The quantitative estimate of drug-likeness (QED) is 0.362. The molecule has 0 saturated carbocycles. The van der Waals surface area contributed by atoms with Crippen LogP contribution < -0.4 is 9.47 Å². The van der Waals surface area contributed by atoms with Crippen molar-refractivity contribution < 1.29 is 19.1 Å². The molecule has 0 saturated heterocycles. The standard InChI is InChI=1S/C24H20N2O4/c1-16(27)29-20-11-7-18(8-12-20)15-26-23-6-4-3-5-22(23)25-24(26)19-9-13-21(14-10-19)30-17(2)28/h3-14H,15H2,1-2H3. The normalized spacial score (nSPS) is 10.7. The SMILES string of the molecule is CC(=O)Oc1ccc(Cn2c(-c3ccc(OC(C)=O)cc3)nc3ccccc32)cc1. The Morgan fingerprint density at radius 3 is 1.97 bits per heavy atom. The van der Waals surface area contributed by atoms with Gasteiger partial charge in [0.25, 0.3) is 0 Å². The Kier molecular flexibility index (Phi) is 5.30. The number of para-hydroxylation sites is 2. The number of nitrogens with zero attached hydrogens (tertiary/aromatic N) is 2. The van der Waals surface area contributed by atoms with Gasteiger partial charge in [0.05, 0.1) is 11.0 Å². The molecule has 30 heavy (non-hydrogen) atoms. The van der Waals surface area contributed by atoms with Crippen LogP contribution in [0.2, 0.25) is 0 Å². The maximum absolute atomic E-state index is 11.2. The minimum atomic E-state index is -0.354. The van der Waals surface area contributed by atoms with Gasteiger partial charge < -0.3 is 14.0 Å². The Hall–Kier alpha value is -3.93. The van der Waals surface area contributed by atoms with Gasteiger partial charge in [-0.15, -0.1) is 0 Å². The van der Waals surface area contributed by atoms with Crippen LogP contribution in [-0.2, 0) is 16.1 Å². The number of carbonyl (C=O) groups is 2. The van der Waals surface area contributed by atoms with E-state index in [-0.39, 0.29) is 11.9 Å². The first-order valence-corrected chi connectivity index (χ1v) is 9.51. The maximum Gasteiger partial charge on any atom is 0.308 e. The highest BCUT2D eigenvalue weighted by atomic mass is 16.5. The number of esters is 2. The zero-order chi connectivity index (χ0) is 21.1. The van der Waals surface area contributed by atoms with Crippen molar-refractivity contribution in [3.05, 3.63) is 78.4 Å². The van der Waals surface area contributed by atoms with Crippen molar-refractivity contribution in [3.8, 4) is 22.9 Å². The molecule has 0 amide bonds. The monoisotopic (exact) mass is 400 g/mol. The van der Waals surface area contributed by atoms with Gasteiger partial charge in [-0.05, 0) is 54.1 Å². The van der Waals surface area contributed by atoms with E-state index in [1.165, 1.54) is 13.8 Å². The van der Waals surface area contributed by atoms with Gasteiger partial charge >= 0.3 is 11.9 Å². The Morgan fingerprint density at radius 1 is 0.800 bits per heavy atom. The summed E-state index contributed by atoms with van der Waals surface area (Å²) in [6.07, 6.45) is 0. The molecule has 0 N–H and O–H groups in total. The summed E-state index contributed by atoms with van der Waals surface area (Å²) in [6.45, 7) is 3.35. The molecule has 4 rings (SSSR count). The van der Waals surface area contributed by atoms with Crippen molar-refractivity contribution in [2.24, 2.45) is 0 Å². The van der Waals surface area contributed by atoms with Gasteiger partial charge in [0, 0.05) is 26.0 Å². The van der Waals surface area contributed by atoms with E-state index in [1.54, 1.807) is 24.3 Å². The number of benzene rings is 3. The van der Waals surface area contributed by atoms with E-state index in [0.717, 1.165) is 28.0 Å². The first-order valence-electron chi connectivity index (χ1n) is 9.51. The van der Waals surface area contributed by atoms with Crippen LogP contribution in [0.1, 0.15) is 19.4 Å². The number of hydrogen-bond donors (Lipinski definition) is 0. The second-order valence-electron chi connectivity index (χ2n) is 6.87. The molecule has 0 atom stereocenters. The fourth-order valence-electron chi connectivity index (χ4n) is 3.31. The van der Waals surface area contributed by atoms with Gasteiger partial charge in [0.2, 0.25) is 0 Å². The van der Waals surface area contributed by atoms with E-state index >= 15 is 0 Å². The summed E-state index contributed by atoms with van der Waals surface area (Å²) in [4.78, 5) is 27.1. The largest absolute Gasteiger partial charge is 0.427 e. The van der Waals surface area contributed by atoms with Crippen LogP contribution in [0.25, 0.3) is 22.4 Å². The van der Waals surface area contributed by atoms with Crippen molar-refractivity contribution >= 4 is 23.0 Å². The topological polar surface area (TPSA) is 70.4 Å². The molecule has 0 aliphatic heterocycles. The second-order valence-corrected chi connectivity index (χ2v) is 6.87. The Morgan fingerprint density at radius 2 is 1.37 bits per heavy atom. The third kappa shape index (κ3) is 4.22. The minimum absolute atomic E-state index is 0.345. The molecule has 3 aromatic carbocycles. The summed E-state index contributed by atoms with van der Waals surface area (Å²) in [6, 6.07) is 22.7. The highest BCUT2D eigenvalue weighted by Gasteiger charge is 2.13. The van der Waals surface area contributed by atoms with E-state index < -0.39 is 0 Å². The first kappa shape index (κ1) is 19.4. The molecule has 6 heteroatoms. The smallest absolute Gasteiger partial charge is 0.308 e. The van der Waals surface area contributed by atoms with E-state index in [1.807, 2.05) is 48.5 Å². The predicted molar refractivity (Wildman–Crippen MR) is 113 cm³/mol. The number of ether oxygens (including phenoxy) is 2. The van der Waals surface area contributed by atoms with Crippen LogP contribution in [0.3, 0.4) is 0 Å². The first-order chi connectivity index (χ1) is 14.5. The van der Waals surface area contributed by atoms with Gasteiger partial charge in [-0.1, -0.05) is 24.3 Å². The summed E-state index contributed by atoms with van der Waals surface area (Å²) < 4.78 is 12.4. The summed E-state index contributed by atoms with van der Waals surface area (Å²) in [7, 11) is 0. The average Bonchev–Trinajstić information content (AvgIpc) is 3.08. The molecule has 0 unspecified atom stereocenters. The molecule has 0 radical (unpaired) electrons. The average molecular weight is 400 g/mol. The van der Waals surface area contributed by atoms with Gasteiger partial charge in [0.1, 0.15) is 17.3 Å². The van der Waals surface area contributed by atoms with E-state index in [0.29, 0.717) is 18.0 Å². The van der Waals surface area contributed by atoms with E-state index in [2.05, 4.69) is 4.57 Å². The van der Waals surface area contributed by atoms with Gasteiger partial charge in [-0.3, -0.25) is 9.59 Å². The fourth-order valence-corrected chi connectivity index (χ4v) is 3.31. The number of hydrogen-bond acceptors (Lipinski definition) is 5. The van der Waals surface area contributed by atoms with Crippen LogP contribution in [-0.4, -0.2) is 21.5 Å². The molecule has 6 nitrogen and oxygen atoms in total. The predicted octanol–water partition coefficient (Wildman–Crippen LogP) is 4.60. The number of carbonyl (C=O) groups excluding carboxylic acids is 2. The lowest BCUT2D eigenvalue weighted by molar-refractivity contribution is -0.132. The molecule has 4 aromatic rings. The molecule has 150 valence electrons. The van der Waals surface area contributed by atoms with Crippen molar-refractivity contribution in [2.75, 3.05) is 0 Å². The lowest BCUT2D eigenvalue weighted by Crippen LogP contribution is -2.04. The van der Waals surface area contributed by atoms with Crippen molar-refractivity contribution in [1.29, 1.82) is 0 Å². The summed E-state index contributed by atoms with van der Waals surface area (Å²) >= 11 is 0. The van der Waals surface area contributed by atoms with Crippen molar-refractivity contribution in [3.63, 3.8) is 0 Å². The lowest BCUT2D eigenvalue weighted by Gasteiger charge is -2.11. The Bertz CT molecular complexity index is 1210. The molecule has 1 heterocycles. The van der Waals surface area contributed by atoms with Gasteiger partial charge in [0.15, 0.2) is 0 Å². The van der Waals surface area contributed by atoms with Crippen LogP contribution >= 0.6 is 0 Å². The number of fused-ring (bicyclic) bond motifs is 1. The summed E-state index contributed by atoms with van der Waals surface area (Å²) in [5.41, 5.74) is 3.87. The molecule has 0 aliphatic rings. The number of imidazole rings is 1. The highest BCUT2D eigenvalue weighted by molar-refractivity contribution is 5.81. The van der Waals surface area contributed by atoms with Gasteiger partial charge in [-0.2, -0.15) is 0 Å². The minimum Gasteiger partial charge on any atom is -0.427 e. The molecule has 0 aliphatic carbocycles. The number of aromatic nitrogens is 2. The van der Waals surface area contributed by atoms with Crippen molar-refractivity contribution in [1.82, 2.24) is 9.55 Å². The summed E-state index contributed by atoms with van der Waals surface area (Å²) in [5.74, 6) is 1.13. The van der Waals surface area contributed by atoms with E-state index in [9.17, 15) is 9.59 Å². The molecule has 0 fully saturated rings. The van der Waals surface area contributed by atoms with Crippen LogP contribution in [0.5, 0.6) is 11.5 Å². The molecule has 1 aromatic heterocycles. The molecular formula is C24H20N2O4. The van der Waals surface area contributed by atoms with E-state index in [4.69, 9.17) is 14.5 Å². The Labute approximate surface area is 173 Å². The zero-order valence-corrected chi connectivity index (χ0v) is 16.7. The van der Waals surface area contributed by atoms with Gasteiger partial charge in [-0.25, -0.2) is 4.98 Å². The summed E-state index contributed by atoms with van der Waals surface area (Å²) in [5, 5.41) is 0. The third-order valence-corrected chi connectivity index (χ3v) is 4.55. The third-order valence-electron chi connectivity index (χ3n) is 4.55. The zero-order valence-electron chi connectivity index (χ0n) is 16.7. The highest BCUT2D eigenvalue weighted by Crippen LogP contribution is 2.28. The molecule has 0 spiro atoms. The van der Waals surface area contributed by atoms with Crippen LogP contribution in [0.4, 0.5) is 0 Å². The second kappa shape index (κ2) is 8.21.